The van der Waals surface area contributed by atoms with E-state index in [1.54, 1.807) is 0 Å². The SMILES string of the molecule is O=C(O)CCc1nncn(CCc2ccccc2)c1=O. The van der Waals surface area contributed by atoms with Crippen LogP contribution in [0.3, 0.4) is 0 Å². The van der Waals surface area contributed by atoms with Gasteiger partial charge in [0.05, 0.1) is 6.42 Å². The van der Waals surface area contributed by atoms with Crippen LogP contribution < -0.4 is 5.56 Å². The summed E-state index contributed by atoms with van der Waals surface area (Å²) < 4.78 is 1.47. The van der Waals surface area contributed by atoms with E-state index in [0.29, 0.717) is 13.0 Å². The zero-order valence-corrected chi connectivity index (χ0v) is 10.9. The van der Waals surface area contributed by atoms with Gasteiger partial charge in [0.15, 0.2) is 0 Å². The van der Waals surface area contributed by atoms with Gasteiger partial charge in [-0.25, -0.2) is 0 Å². The van der Waals surface area contributed by atoms with Gasteiger partial charge in [-0.05, 0) is 12.0 Å². The third kappa shape index (κ3) is 3.74. The number of aromatic nitrogens is 3. The van der Waals surface area contributed by atoms with Crippen LogP contribution in [0.1, 0.15) is 17.7 Å². The van der Waals surface area contributed by atoms with E-state index in [9.17, 15) is 9.59 Å². The topological polar surface area (TPSA) is 85.1 Å². The van der Waals surface area contributed by atoms with Crippen LogP contribution in [0.25, 0.3) is 0 Å². The van der Waals surface area contributed by atoms with E-state index >= 15 is 0 Å². The lowest BCUT2D eigenvalue weighted by molar-refractivity contribution is -0.136. The molecule has 2 aromatic rings. The maximum atomic E-state index is 12.1. The number of rotatable bonds is 6. The lowest BCUT2D eigenvalue weighted by Crippen LogP contribution is -2.27. The Kier molecular flexibility index (Phi) is 4.60. The molecule has 6 nitrogen and oxygen atoms in total. The second-order valence-electron chi connectivity index (χ2n) is 4.41. The molecule has 0 aliphatic carbocycles. The second-order valence-corrected chi connectivity index (χ2v) is 4.41. The molecule has 0 saturated heterocycles. The normalized spacial score (nSPS) is 10.4. The van der Waals surface area contributed by atoms with Crippen LogP contribution in [-0.2, 0) is 24.2 Å². The van der Waals surface area contributed by atoms with Gasteiger partial charge < -0.3 is 5.11 Å². The second kappa shape index (κ2) is 6.60. The third-order valence-electron chi connectivity index (χ3n) is 2.94. The summed E-state index contributed by atoms with van der Waals surface area (Å²) in [5, 5.41) is 16.1. The smallest absolute Gasteiger partial charge is 0.303 e. The molecule has 0 aliphatic heterocycles. The van der Waals surface area contributed by atoms with Crippen LogP contribution in [0, 0.1) is 0 Å². The Morgan fingerprint density at radius 1 is 1.20 bits per heavy atom. The molecule has 104 valence electrons. The molecule has 1 aromatic carbocycles. The maximum absolute atomic E-state index is 12.1. The number of aryl methyl sites for hydroxylation is 3. The highest BCUT2D eigenvalue weighted by Gasteiger charge is 2.08. The molecule has 20 heavy (non-hydrogen) atoms. The molecule has 1 aromatic heterocycles. The van der Waals surface area contributed by atoms with Crippen molar-refractivity contribution in [3.8, 4) is 0 Å². The number of carbonyl (C=O) groups is 1. The minimum atomic E-state index is -0.953. The predicted molar refractivity (Wildman–Crippen MR) is 72.4 cm³/mol. The monoisotopic (exact) mass is 273 g/mol. The first-order valence-electron chi connectivity index (χ1n) is 6.33. The van der Waals surface area contributed by atoms with E-state index in [2.05, 4.69) is 10.2 Å². The number of hydrogen-bond donors (Lipinski definition) is 1. The fourth-order valence-corrected chi connectivity index (χ4v) is 1.85. The van der Waals surface area contributed by atoms with Gasteiger partial charge in [0, 0.05) is 13.0 Å². The van der Waals surface area contributed by atoms with Crippen molar-refractivity contribution in [2.75, 3.05) is 0 Å². The average Bonchev–Trinajstić information content (AvgIpc) is 2.46. The number of carboxylic acids is 1. The molecular formula is C14H15N3O3. The van der Waals surface area contributed by atoms with Gasteiger partial charge in [-0.3, -0.25) is 14.2 Å². The van der Waals surface area contributed by atoms with Crippen LogP contribution in [0.4, 0.5) is 0 Å². The first-order chi connectivity index (χ1) is 9.66. The summed E-state index contributed by atoms with van der Waals surface area (Å²) in [5.41, 5.74) is 1.06. The Morgan fingerprint density at radius 3 is 2.65 bits per heavy atom. The Balaban J connectivity index is 2.07. The van der Waals surface area contributed by atoms with Crippen molar-refractivity contribution in [1.82, 2.24) is 14.8 Å². The molecule has 0 saturated carbocycles. The summed E-state index contributed by atoms with van der Waals surface area (Å²) in [6, 6.07) is 9.81. The van der Waals surface area contributed by atoms with Gasteiger partial charge in [0.1, 0.15) is 12.0 Å². The van der Waals surface area contributed by atoms with Crippen molar-refractivity contribution in [2.45, 2.75) is 25.8 Å². The quantitative estimate of drug-likeness (QED) is 0.845. The Bertz CT molecular complexity index is 638. The number of nitrogens with zero attached hydrogens (tertiary/aromatic N) is 3. The van der Waals surface area contributed by atoms with Gasteiger partial charge in [0.25, 0.3) is 5.56 Å². The van der Waals surface area contributed by atoms with Gasteiger partial charge in [-0.2, -0.15) is 0 Å². The lowest BCUT2D eigenvalue weighted by atomic mass is 10.1. The Labute approximate surface area is 115 Å². The molecule has 0 unspecified atom stereocenters. The maximum Gasteiger partial charge on any atom is 0.303 e. The molecule has 0 spiro atoms. The molecule has 0 bridgehead atoms. The summed E-state index contributed by atoms with van der Waals surface area (Å²) in [7, 11) is 0. The van der Waals surface area contributed by atoms with Crippen molar-refractivity contribution in [1.29, 1.82) is 0 Å². The van der Waals surface area contributed by atoms with Crippen LogP contribution >= 0.6 is 0 Å². The van der Waals surface area contributed by atoms with Crippen molar-refractivity contribution < 1.29 is 9.90 Å². The van der Waals surface area contributed by atoms with Crippen molar-refractivity contribution >= 4 is 5.97 Å². The van der Waals surface area contributed by atoms with E-state index in [4.69, 9.17) is 5.11 Å². The van der Waals surface area contributed by atoms with Crippen molar-refractivity contribution in [2.24, 2.45) is 0 Å². The molecule has 1 N–H and O–H groups in total. The minimum Gasteiger partial charge on any atom is -0.481 e. The van der Waals surface area contributed by atoms with E-state index in [0.717, 1.165) is 5.56 Å². The van der Waals surface area contributed by atoms with E-state index in [1.807, 2.05) is 30.3 Å². The molecule has 0 atom stereocenters. The minimum absolute atomic E-state index is 0.105. The zero-order chi connectivity index (χ0) is 14.4. The fourth-order valence-electron chi connectivity index (χ4n) is 1.85. The molecule has 0 aliphatic rings. The molecule has 0 amide bonds. The Hall–Kier alpha value is -2.50. The molecule has 6 heteroatoms. The zero-order valence-electron chi connectivity index (χ0n) is 10.9. The lowest BCUT2D eigenvalue weighted by Gasteiger charge is -2.06. The van der Waals surface area contributed by atoms with Crippen LogP contribution in [0.5, 0.6) is 0 Å². The van der Waals surface area contributed by atoms with Crippen LogP contribution in [0.2, 0.25) is 0 Å². The highest BCUT2D eigenvalue weighted by atomic mass is 16.4. The summed E-state index contributed by atoms with van der Waals surface area (Å²) in [4.78, 5) is 22.6. The van der Waals surface area contributed by atoms with Gasteiger partial charge in [0.2, 0.25) is 0 Å². The van der Waals surface area contributed by atoms with E-state index in [1.165, 1.54) is 10.9 Å². The average molecular weight is 273 g/mol. The van der Waals surface area contributed by atoms with E-state index < -0.39 is 5.97 Å². The fraction of sp³-hybridized carbons (Fsp3) is 0.286. The first-order valence-corrected chi connectivity index (χ1v) is 6.33. The molecule has 0 radical (unpaired) electrons. The first kappa shape index (κ1) is 13.9. The van der Waals surface area contributed by atoms with Crippen LogP contribution in [-0.4, -0.2) is 25.8 Å². The Morgan fingerprint density at radius 2 is 1.95 bits per heavy atom. The van der Waals surface area contributed by atoms with Crippen molar-refractivity contribution in [3.63, 3.8) is 0 Å². The summed E-state index contributed by atoms with van der Waals surface area (Å²) in [5.74, 6) is -0.953. The predicted octanol–water partition coefficient (Wildman–Crippen LogP) is 0.898. The summed E-state index contributed by atoms with van der Waals surface area (Å²) in [6.07, 6.45) is 2.08. The molecule has 2 rings (SSSR count). The van der Waals surface area contributed by atoms with Gasteiger partial charge >= 0.3 is 5.97 Å². The van der Waals surface area contributed by atoms with Crippen molar-refractivity contribution in [3.05, 3.63) is 58.3 Å². The standard InChI is InChI=1S/C14H15N3O3/c18-13(19)7-6-12-14(20)17(10-15-16-12)9-8-11-4-2-1-3-5-11/h1-5,10H,6-9H2,(H,18,19). The molecular weight excluding hydrogens is 258 g/mol. The highest BCUT2D eigenvalue weighted by molar-refractivity contribution is 5.66. The number of hydrogen-bond acceptors (Lipinski definition) is 4. The highest BCUT2D eigenvalue weighted by Crippen LogP contribution is 2.00. The number of aliphatic carboxylic acids is 1. The molecule has 0 fully saturated rings. The summed E-state index contributed by atoms with van der Waals surface area (Å²) >= 11 is 0. The van der Waals surface area contributed by atoms with E-state index in [-0.39, 0.29) is 24.1 Å². The third-order valence-corrected chi connectivity index (χ3v) is 2.94. The van der Waals surface area contributed by atoms with Gasteiger partial charge in [-0.15, -0.1) is 10.2 Å². The number of carboxylic acid groups (broad SMARTS) is 1. The number of benzene rings is 1. The molecule has 1 heterocycles. The van der Waals surface area contributed by atoms with Gasteiger partial charge in [-0.1, -0.05) is 30.3 Å². The largest absolute Gasteiger partial charge is 0.481 e. The summed E-state index contributed by atoms with van der Waals surface area (Å²) in [6.45, 7) is 0.498. The van der Waals surface area contributed by atoms with Crippen LogP contribution in [0.15, 0.2) is 41.5 Å².